The van der Waals surface area contributed by atoms with Crippen LogP contribution >= 0.6 is 0 Å². The lowest BCUT2D eigenvalue weighted by molar-refractivity contribution is -0.123. The lowest BCUT2D eigenvalue weighted by Crippen LogP contribution is -2.48. The van der Waals surface area contributed by atoms with Crippen LogP contribution in [-0.2, 0) is 11.2 Å². The Hall–Kier alpha value is -1.39. The van der Waals surface area contributed by atoms with Gasteiger partial charge in [0.2, 0.25) is 0 Å². The molecule has 3 N–H and O–H groups in total. The highest BCUT2D eigenvalue weighted by molar-refractivity contribution is 5.81. The van der Waals surface area contributed by atoms with E-state index < -0.39 is 0 Å². The number of nitrogens with one attached hydrogen (secondary N) is 3. The highest BCUT2D eigenvalue weighted by Crippen LogP contribution is 2.02. The van der Waals surface area contributed by atoms with Crippen LogP contribution in [0.15, 0.2) is 30.3 Å². The van der Waals surface area contributed by atoms with Crippen LogP contribution in [0.1, 0.15) is 5.56 Å². The summed E-state index contributed by atoms with van der Waals surface area (Å²) in [4.78, 5) is 11.5. The summed E-state index contributed by atoms with van der Waals surface area (Å²) in [5.41, 5.74) is 6.34. The SMILES string of the molecule is CNNC(=O)[C@@H](Cc1ccccc1)NC. The molecule has 1 aromatic carbocycles. The fourth-order valence-electron chi connectivity index (χ4n) is 1.39. The number of likely N-dealkylation sites (N-methyl/N-ethyl adjacent to an activating group) is 1. The summed E-state index contributed by atoms with van der Waals surface area (Å²) >= 11 is 0. The summed E-state index contributed by atoms with van der Waals surface area (Å²) in [6.07, 6.45) is 0.685. The van der Waals surface area contributed by atoms with Gasteiger partial charge in [0.15, 0.2) is 0 Å². The molecule has 82 valence electrons. The first-order valence-electron chi connectivity index (χ1n) is 4.95. The number of carbonyl (C=O) groups is 1. The van der Waals surface area contributed by atoms with Gasteiger partial charge in [-0.2, -0.15) is 0 Å². The van der Waals surface area contributed by atoms with Crippen LogP contribution in [0.3, 0.4) is 0 Å². The van der Waals surface area contributed by atoms with Crippen LogP contribution in [0.5, 0.6) is 0 Å². The molecule has 1 amide bonds. The first kappa shape index (κ1) is 11.7. The Morgan fingerprint density at radius 1 is 1.27 bits per heavy atom. The van der Waals surface area contributed by atoms with Gasteiger partial charge in [-0.15, -0.1) is 0 Å². The molecule has 0 unspecified atom stereocenters. The van der Waals surface area contributed by atoms with Gasteiger partial charge in [-0.1, -0.05) is 30.3 Å². The van der Waals surface area contributed by atoms with Gasteiger partial charge in [0.05, 0.1) is 6.04 Å². The van der Waals surface area contributed by atoms with Crippen LogP contribution in [0.25, 0.3) is 0 Å². The lowest BCUT2D eigenvalue weighted by atomic mass is 10.1. The van der Waals surface area contributed by atoms with Crippen molar-refractivity contribution in [2.24, 2.45) is 0 Å². The molecule has 0 spiro atoms. The van der Waals surface area contributed by atoms with Crippen molar-refractivity contribution in [1.29, 1.82) is 0 Å². The van der Waals surface area contributed by atoms with Gasteiger partial charge in [0.1, 0.15) is 0 Å². The molecular formula is C11H17N3O. The second-order valence-corrected chi connectivity index (χ2v) is 3.27. The van der Waals surface area contributed by atoms with E-state index in [0.29, 0.717) is 6.42 Å². The predicted octanol–water partition coefficient (Wildman–Crippen LogP) is 0.0677. The zero-order valence-corrected chi connectivity index (χ0v) is 9.08. The number of hydrogen-bond donors (Lipinski definition) is 3. The number of hydrazine groups is 1. The van der Waals surface area contributed by atoms with E-state index in [-0.39, 0.29) is 11.9 Å². The Balaban J connectivity index is 2.58. The minimum absolute atomic E-state index is 0.0520. The average molecular weight is 207 g/mol. The van der Waals surface area contributed by atoms with Crippen molar-refractivity contribution in [3.05, 3.63) is 35.9 Å². The Bertz CT molecular complexity index is 300. The number of carbonyl (C=O) groups excluding carboxylic acids is 1. The minimum atomic E-state index is -0.208. The largest absolute Gasteiger partial charge is 0.309 e. The molecule has 4 heteroatoms. The average Bonchev–Trinajstić information content (AvgIpc) is 2.27. The summed E-state index contributed by atoms with van der Waals surface area (Å²) in [5, 5.41) is 2.98. The summed E-state index contributed by atoms with van der Waals surface area (Å²) in [7, 11) is 3.45. The van der Waals surface area contributed by atoms with E-state index in [0.717, 1.165) is 5.56 Å². The molecule has 0 aliphatic heterocycles. The second-order valence-electron chi connectivity index (χ2n) is 3.27. The Kier molecular flexibility index (Phi) is 4.80. The van der Waals surface area contributed by atoms with Crippen LogP contribution in [-0.4, -0.2) is 26.0 Å². The van der Waals surface area contributed by atoms with Gasteiger partial charge in [0, 0.05) is 7.05 Å². The first-order chi connectivity index (χ1) is 7.27. The predicted molar refractivity (Wildman–Crippen MR) is 60.2 cm³/mol. The molecule has 4 nitrogen and oxygen atoms in total. The molecule has 0 aliphatic carbocycles. The summed E-state index contributed by atoms with van der Waals surface area (Å²) in [6, 6.07) is 9.72. The maximum Gasteiger partial charge on any atom is 0.251 e. The monoisotopic (exact) mass is 207 g/mol. The van der Waals surface area contributed by atoms with Crippen molar-refractivity contribution in [3.63, 3.8) is 0 Å². The molecule has 1 aromatic rings. The molecule has 0 aromatic heterocycles. The van der Waals surface area contributed by atoms with Crippen molar-refractivity contribution in [2.45, 2.75) is 12.5 Å². The molecule has 0 saturated heterocycles. The van der Waals surface area contributed by atoms with E-state index in [2.05, 4.69) is 16.2 Å². The van der Waals surface area contributed by atoms with Crippen molar-refractivity contribution in [3.8, 4) is 0 Å². The van der Waals surface area contributed by atoms with Crippen LogP contribution in [0.4, 0.5) is 0 Å². The minimum Gasteiger partial charge on any atom is -0.309 e. The Morgan fingerprint density at radius 3 is 2.47 bits per heavy atom. The number of rotatable bonds is 5. The molecule has 0 saturated carbocycles. The normalized spacial score (nSPS) is 12.1. The highest BCUT2D eigenvalue weighted by atomic mass is 16.2. The third kappa shape index (κ3) is 3.69. The van der Waals surface area contributed by atoms with Gasteiger partial charge in [-0.25, -0.2) is 5.43 Å². The van der Waals surface area contributed by atoms with Crippen LogP contribution < -0.4 is 16.2 Å². The standard InChI is InChI=1S/C11H17N3O/c1-12-10(11(15)14-13-2)8-9-6-4-3-5-7-9/h3-7,10,12-13H,8H2,1-2H3,(H,14,15)/t10-/m1/s1. The highest BCUT2D eigenvalue weighted by Gasteiger charge is 2.15. The van der Waals surface area contributed by atoms with Gasteiger partial charge in [-0.3, -0.25) is 10.2 Å². The summed E-state index contributed by atoms with van der Waals surface area (Å²) in [5.74, 6) is -0.0520. The van der Waals surface area contributed by atoms with E-state index >= 15 is 0 Å². The van der Waals surface area contributed by atoms with Crippen LogP contribution in [0.2, 0.25) is 0 Å². The lowest BCUT2D eigenvalue weighted by Gasteiger charge is -2.15. The Morgan fingerprint density at radius 2 is 1.93 bits per heavy atom. The molecule has 1 atom stereocenters. The zero-order valence-electron chi connectivity index (χ0n) is 9.08. The third-order valence-electron chi connectivity index (χ3n) is 2.20. The van der Waals surface area contributed by atoms with E-state index in [9.17, 15) is 4.79 Å². The maximum atomic E-state index is 11.5. The molecular weight excluding hydrogens is 190 g/mol. The van der Waals surface area contributed by atoms with Gasteiger partial charge in [-0.05, 0) is 19.0 Å². The van der Waals surface area contributed by atoms with Crippen LogP contribution in [0, 0.1) is 0 Å². The number of hydrogen-bond acceptors (Lipinski definition) is 3. The van der Waals surface area contributed by atoms with E-state index in [1.165, 1.54) is 0 Å². The fraction of sp³-hybridized carbons (Fsp3) is 0.364. The smallest absolute Gasteiger partial charge is 0.251 e. The maximum absolute atomic E-state index is 11.5. The second kappa shape index (κ2) is 6.16. The summed E-state index contributed by atoms with van der Waals surface area (Å²) in [6.45, 7) is 0. The zero-order chi connectivity index (χ0) is 11.1. The molecule has 0 fully saturated rings. The van der Waals surface area contributed by atoms with Crippen molar-refractivity contribution in [2.75, 3.05) is 14.1 Å². The van der Waals surface area contributed by atoms with E-state index in [1.807, 2.05) is 30.3 Å². The molecule has 0 aliphatic rings. The Labute approximate surface area is 90.0 Å². The van der Waals surface area contributed by atoms with Crippen molar-refractivity contribution in [1.82, 2.24) is 16.2 Å². The molecule has 0 radical (unpaired) electrons. The van der Waals surface area contributed by atoms with Gasteiger partial charge >= 0.3 is 0 Å². The van der Waals surface area contributed by atoms with Crippen molar-refractivity contribution >= 4 is 5.91 Å². The number of amides is 1. The molecule has 15 heavy (non-hydrogen) atoms. The summed E-state index contributed by atoms with van der Waals surface area (Å²) < 4.78 is 0. The molecule has 0 heterocycles. The molecule has 1 rings (SSSR count). The van der Waals surface area contributed by atoms with Crippen molar-refractivity contribution < 1.29 is 4.79 Å². The topological polar surface area (TPSA) is 53.2 Å². The third-order valence-corrected chi connectivity index (χ3v) is 2.20. The quantitative estimate of drug-likeness (QED) is 0.599. The molecule has 0 bridgehead atoms. The number of benzene rings is 1. The van der Waals surface area contributed by atoms with E-state index in [4.69, 9.17) is 0 Å². The van der Waals surface area contributed by atoms with Gasteiger partial charge < -0.3 is 5.32 Å². The fourth-order valence-corrected chi connectivity index (χ4v) is 1.39. The first-order valence-corrected chi connectivity index (χ1v) is 4.95. The van der Waals surface area contributed by atoms with E-state index in [1.54, 1.807) is 14.1 Å². The van der Waals surface area contributed by atoms with Gasteiger partial charge in [0.25, 0.3) is 5.91 Å².